The number of nitrogens with zero attached hydrogens (tertiary/aromatic N) is 4. The maximum absolute atomic E-state index is 10.7. The molecule has 94 valence electrons. The van der Waals surface area contributed by atoms with Gasteiger partial charge in [0.25, 0.3) is 0 Å². The minimum atomic E-state index is -0.520. The average Bonchev–Trinajstić information content (AvgIpc) is 2.64. The van der Waals surface area contributed by atoms with Crippen molar-refractivity contribution in [2.24, 2.45) is 0 Å². The molecule has 6 nitrogen and oxygen atoms in total. The molecule has 0 atom stereocenters. The zero-order valence-electron chi connectivity index (χ0n) is 9.30. The predicted molar refractivity (Wildman–Crippen MR) is 67.0 cm³/mol. The molecule has 0 bridgehead atoms. The number of rotatable bonds is 3. The van der Waals surface area contributed by atoms with Crippen molar-refractivity contribution in [2.45, 2.75) is 13.5 Å². The lowest BCUT2D eigenvalue weighted by molar-refractivity contribution is -0.390. The van der Waals surface area contributed by atoms with Crippen LogP contribution in [0.2, 0.25) is 10.2 Å². The van der Waals surface area contributed by atoms with Crippen LogP contribution < -0.4 is 0 Å². The van der Waals surface area contributed by atoms with E-state index in [9.17, 15) is 10.1 Å². The van der Waals surface area contributed by atoms with Gasteiger partial charge in [0.1, 0.15) is 5.15 Å². The van der Waals surface area contributed by atoms with E-state index in [4.69, 9.17) is 23.2 Å². The lowest BCUT2D eigenvalue weighted by Crippen LogP contribution is -2.02. The standard InChI is InChI=1S/C10H8Cl2N4O2/c1-6-4-15(14-10(6)16(17)18)5-7-3-13-9(12)2-8(7)11/h2-4H,5H2,1H3. The SMILES string of the molecule is Cc1cn(Cc2cnc(Cl)cc2Cl)nc1[N+](=O)[O-]. The van der Waals surface area contributed by atoms with E-state index >= 15 is 0 Å². The molecule has 8 heteroatoms. The summed E-state index contributed by atoms with van der Waals surface area (Å²) >= 11 is 11.7. The van der Waals surface area contributed by atoms with Gasteiger partial charge in [-0.2, -0.15) is 4.68 Å². The molecule has 0 aliphatic rings. The lowest BCUT2D eigenvalue weighted by atomic mass is 10.3. The van der Waals surface area contributed by atoms with Crippen LogP contribution in [0.25, 0.3) is 0 Å². The minimum Gasteiger partial charge on any atom is -0.358 e. The molecule has 2 heterocycles. The predicted octanol–water partition coefficient (Wildman–Crippen LogP) is 2.85. The summed E-state index contributed by atoms with van der Waals surface area (Å²) in [6, 6.07) is 1.52. The molecule has 2 rings (SSSR count). The summed E-state index contributed by atoms with van der Waals surface area (Å²) in [4.78, 5) is 14.1. The first-order valence-corrected chi connectivity index (χ1v) is 5.71. The first-order valence-electron chi connectivity index (χ1n) is 4.95. The van der Waals surface area contributed by atoms with Crippen LogP contribution in [0.3, 0.4) is 0 Å². The van der Waals surface area contributed by atoms with Gasteiger partial charge < -0.3 is 10.1 Å². The van der Waals surface area contributed by atoms with E-state index in [0.29, 0.717) is 27.8 Å². The van der Waals surface area contributed by atoms with E-state index in [1.807, 2.05) is 0 Å². The molecule has 0 amide bonds. The Bertz CT molecular complexity index is 612. The Kier molecular flexibility index (Phi) is 3.49. The molecule has 0 saturated heterocycles. The van der Waals surface area contributed by atoms with Crippen LogP contribution in [-0.2, 0) is 6.54 Å². The Morgan fingerprint density at radius 1 is 1.50 bits per heavy atom. The summed E-state index contributed by atoms with van der Waals surface area (Å²) in [5.74, 6) is -0.159. The summed E-state index contributed by atoms with van der Waals surface area (Å²) in [6.07, 6.45) is 3.11. The van der Waals surface area contributed by atoms with E-state index in [2.05, 4.69) is 10.1 Å². The van der Waals surface area contributed by atoms with E-state index in [-0.39, 0.29) is 5.82 Å². The Balaban J connectivity index is 2.29. The van der Waals surface area contributed by atoms with Gasteiger partial charge in [0.05, 0.1) is 28.4 Å². The number of aryl methyl sites for hydroxylation is 1. The highest BCUT2D eigenvalue weighted by atomic mass is 35.5. The number of hydrogen-bond acceptors (Lipinski definition) is 4. The highest BCUT2D eigenvalue weighted by molar-refractivity contribution is 6.34. The van der Waals surface area contributed by atoms with E-state index in [1.165, 1.54) is 16.9 Å². The van der Waals surface area contributed by atoms with Crippen molar-refractivity contribution in [1.82, 2.24) is 14.8 Å². The maximum atomic E-state index is 10.7. The minimum absolute atomic E-state index is 0.159. The van der Waals surface area contributed by atoms with Gasteiger partial charge in [-0.1, -0.05) is 23.2 Å². The van der Waals surface area contributed by atoms with Crippen LogP contribution in [-0.4, -0.2) is 19.7 Å². The molecule has 2 aromatic heterocycles. The van der Waals surface area contributed by atoms with Crippen molar-refractivity contribution in [3.63, 3.8) is 0 Å². The van der Waals surface area contributed by atoms with Gasteiger partial charge in [0, 0.05) is 11.8 Å². The second-order valence-corrected chi connectivity index (χ2v) is 4.48. The summed E-state index contributed by atoms with van der Waals surface area (Å²) in [5, 5.41) is 15.3. The summed E-state index contributed by atoms with van der Waals surface area (Å²) in [6.45, 7) is 1.93. The normalized spacial score (nSPS) is 10.6. The zero-order valence-corrected chi connectivity index (χ0v) is 10.8. The number of pyridine rings is 1. The van der Waals surface area contributed by atoms with Crippen LogP contribution in [0.15, 0.2) is 18.5 Å². The summed E-state index contributed by atoms with van der Waals surface area (Å²) < 4.78 is 1.45. The number of aromatic nitrogens is 3. The molecule has 0 spiro atoms. The molecule has 0 saturated carbocycles. The lowest BCUT2D eigenvalue weighted by Gasteiger charge is -2.01. The van der Waals surface area contributed by atoms with Crippen LogP contribution in [0.1, 0.15) is 11.1 Å². The highest BCUT2D eigenvalue weighted by Gasteiger charge is 2.17. The van der Waals surface area contributed by atoms with Crippen LogP contribution >= 0.6 is 23.2 Å². The Labute approximate surface area is 112 Å². The van der Waals surface area contributed by atoms with Gasteiger partial charge in [-0.15, -0.1) is 0 Å². The quantitative estimate of drug-likeness (QED) is 0.494. The fourth-order valence-corrected chi connectivity index (χ4v) is 1.92. The summed E-state index contributed by atoms with van der Waals surface area (Å²) in [7, 11) is 0. The third-order valence-electron chi connectivity index (χ3n) is 2.32. The van der Waals surface area contributed by atoms with Gasteiger partial charge in [-0.3, -0.25) is 0 Å². The van der Waals surface area contributed by atoms with Crippen molar-refractivity contribution in [3.8, 4) is 0 Å². The van der Waals surface area contributed by atoms with Gasteiger partial charge >= 0.3 is 5.82 Å². The van der Waals surface area contributed by atoms with Gasteiger partial charge in [-0.05, 0) is 17.9 Å². The Morgan fingerprint density at radius 2 is 2.22 bits per heavy atom. The van der Waals surface area contributed by atoms with Crippen LogP contribution in [0.5, 0.6) is 0 Å². The number of nitro groups is 1. The van der Waals surface area contributed by atoms with E-state index in [0.717, 1.165) is 0 Å². The number of halogens is 2. The second kappa shape index (κ2) is 4.91. The first-order chi connectivity index (χ1) is 8.47. The highest BCUT2D eigenvalue weighted by Crippen LogP contribution is 2.21. The number of hydrogen-bond donors (Lipinski definition) is 0. The van der Waals surface area contributed by atoms with Gasteiger partial charge in [-0.25, -0.2) is 4.98 Å². The Morgan fingerprint density at radius 3 is 2.78 bits per heavy atom. The zero-order chi connectivity index (χ0) is 13.3. The second-order valence-electron chi connectivity index (χ2n) is 3.69. The average molecular weight is 287 g/mol. The molecule has 18 heavy (non-hydrogen) atoms. The smallest absolute Gasteiger partial charge is 0.358 e. The van der Waals surface area contributed by atoms with Crippen molar-refractivity contribution in [3.05, 3.63) is 49.9 Å². The molecule has 0 N–H and O–H groups in total. The monoisotopic (exact) mass is 286 g/mol. The van der Waals surface area contributed by atoms with Gasteiger partial charge in [0.2, 0.25) is 0 Å². The fraction of sp³-hybridized carbons (Fsp3) is 0.200. The van der Waals surface area contributed by atoms with Gasteiger partial charge in [0.15, 0.2) is 0 Å². The maximum Gasteiger partial charge on any atom is 0.392 e. The Hall–Kier alpha value is -1.66. The molecule has 0 aliphatic heterocycles. The summed E-state index contributed by atoms with van der Waals surface area (Å²) in [5.41, 5.74) is 1.19. The topological polar surface area (TPSA) is 73.8 Å². The van der Waals surface area contributed by atoms with Crippen molar-refractivity contribution < 1.29 is 4.92 Å². The molecule has 2 aromatic rings. The molecular weight excluding hydrogens is 279 g/mol. The first kappa shape index (κ1) is 12.8. The van der Waals surface area contributed by atoms with Crippen LogP contribution in [0.4, 0.5) is 5.82 Å². The molecule has 0 aliphatic carbocycles. The third-order valence-corrected chi connectivity index (χ3v) is 2.88. The van der Waals surface area contributed by atoms with Crippen molar-refractivity contribution >= 4 is 29.0 Å². The van der Waals surface area contributed by atoms with Crippen molar-refractivity contribution in [2.75, 3.05) is 0 Å². The van der Waals surface area contributed by atoms with Crippen LogP contribution in [0, 0.1) is 17.0 Å². The molecule has 0 aromatic carbocycles. The fourth-order valence-electron chi connectivity index (χ4n) is 1.50. The third kappa shape index (κ3) is 2.60. The molecule has 0 radical (unpaired) electrons. The largest absolute Gasteiger partial charge is 0.392 e. The molecule has 0 unspecified atom stereocenters. The van der Waals surface area contributed by atoms with E-state index < -0.39 is 4.92 Å². The molecule has 0 fully saturated rings. The molecular formula is C10H8Cl2N4O2. The van der Waals surface area contributed by atoms with Crippen molar-refractivity contribution in [1.29, 1.82) is 0 Å². The van der Waals surface area contributed by atoms with E-state index in [1.54, 1.807) is 13.1 Å².